The minimum absolute atomic E-state index is 0.00757. The number of benzene rings is 1. The number of likely N-dealkylation sites (tertiary alicyclic amines) is 1. The van der Waals surface area contributed by atoms with Crippen molar-refractivity contribution in [2.75, 3.05) is 19.6 Å². The number of fused-ring (bicyclic) bond motifs is 1. The van der Waals surface area contributed by atoms with Gasteiger partial charge in [0.15, 0.2) is 5.06 Å². The molecule has 1 fully saturated rings. The van der Waals surface area contributed by atoms with Crippen LogP contribution in [0.2, 0.25) is 5.02 Å². The van der Waals surface area contributed by atoms with Gasteiger partial charge in [-0.1, -0.05) is 23.7 Å². The summed E-state index contributed by atoms with van der Waals surface area (Å²) in [6.45, 7) is 8.08. The highest BCUT2D eigenvalue weighted by Crippen LogP contribution is 2.35. The minimum Gasteiger partial charge on any atom is -0.481 e. The van der Waals surface area contributed by atoms with Gasteiger partial charge in [0.1, 0.15) is 6.10 Å². The van der Waals surface area contributed by atoms with Crippen molar-refractivity contribution in [1.82, 2.24) is 9.80 Å². The molecule has 0 atom stereocenters. The summed E-state index contributed by atoms with van der Waals surface area (Å²) >= 11 is 7.91. The van der Waals surface area contributed by atoms with E-state index in [1.807, 2.05) is 17.0 Å². The van der Waals surface area contributed by atoms with Gasteiger partial charge >= 0.3 is 0 Å². The van der Waals surface area contributed by atoms with Crippen LogP contribution in [-0.4, -0.2) is 47.5 Å². The molecule has 1 amide bonds. The minimum atomic E-state index is 0.00757. The molecule has 0 saturated carbocycles. The summed E-state index contributed by atoms with van der Waals surface area (Å²) in [7, 11) is 0. The van der Waals surface area contributed by atoms with Crippen molar-refractivity contribution >= 4 is 28.8 Å². The van der Waals surface area contributed by atoms with Crippen molar-refractivity contribution in [2.45, 2.75) is 51.8 Å². The Morgan fingerprint density at radius 1 is 1.21 bits per heavy atom. The molecule has 6 heteroatoms. The number of hydrogen-bond acceptors (Lipinski definition) is 4. The maximum atomic E-state index is 12.8. The van der Waals surface area contributed by atoms with E-state index in [9.17, 15) is 4.79 Å². The third kappa shape index (κ3) is 4.22. The molecule has 0 radical (unpaired) electrons. The number of carbonyl (C=O) groups excluding carboxylic acids is 1. The number of hydrogen-bond donors (Lipinski definition) is 0. The first-order chi connectivity index (χ1) is 13.5. The molecule has 1 saturated heterocycles. The smallest absolute Gasteiger partial charge is 0.255 e. The van der Waals surface area contributed by atoms with Crippen LogP contribution in [0.3, 0.4) is 0 Å². The normalized spacial score (nSPS) is 18.4. The Bertz CT molecular complexity index is 843. The highest BCUT2D eigenvalue weighted by Gasteiger charge is 2.27. The van der Waals surface area contributed by atoms with Crippen LogP contribution in [0.15, 0.2) is 30.3 Å². The maximum absolute atomic E-state index is 12.8. The van der Waals surface area contributed by atoms with Crippen molar-refractivity contribution in [2.24, 2.45) is 0 Å². The van der Waals surface area contributed by atoms with Crippen LogP contribution in [0.1, 0.15) is 47.5 Å². The zero-order valence-electron chi connectivity index (χ0n) is 16.5. The van der Waals surface area contributed by atoms with E-state index in [1.165, 1.54) is 10.4 Å². The fraction of sp³-hybridized carbons (Fsp3) is 0.500. The Morgan fingerprint density at radius 3 is 2.68 bits per heavy atom. The van der Waals surface area contributed by atoms with Gasteiger partial charge in [-0.25, -0.2) is 0 Å². The molecule has 4 rings (SSSR count). The van der Waals surface area contributed by atoms with Gasteiger partial charge in [0.05, 0.1) is 17.1 Å². The predicted octanol–water partition coefficient (Wildman–Crippen LogP) is 4.85. The van der Waals surface area contributed by atoms with Crippen LogP contribution in [0, 0.1) is 0 Å². The van der Waals surface area contributed by atoms with E-state index in [1.54, 1.807) is 23.5 Å². The molecule has 0 bridgehead atoms. The van der Waals surface area contributed by atoms with Crippen LogP contribution in [-0.2, 0) is 13.0 Å². The second kappa shape index (κ2) is 8.44. The molecule has 0 spiro atoms. The fourth-order valence-corrected chi connectivity index (χ4v) is 5.36. The van der Waals surface area contributed by atoms with Crippen molar-refractivity contribution in [1.29, 1.82) is 0 Å². The Morgan fingerprint density at radius 2 is 1.96 bits per heavy atom. The Kier molecular flexibility index (Phi) is 5.95. The average molecular weight is 419 g/mol. The van der Waals surface area contributed by atoms with Crippen LogP contribution in [0.4, 0.5) is 0 Å². The molecular formula is C22H27ClN2O2S. The van der Waals surface area contributed by atoms with Crippen LogP contribution in [0.25, 0.3) is 0 Å². The largest absolute Gasteiger partial charge is 0.481 e. The number of ether oxygens (including phenoxy) is 1. The lowest BCUT2D eigenvalue weighted by Gasteiger charge is -2.34. The van der Waals surface area contributed by atoms with Gasteiger partial charge in [-0.2, -0.15) is 0 Å². The van der Waals surface area contributed by atoms with Gasteiger partial charge in [-0.15, -0.1) is 11.3 Å². The van der Waals surface area contributed by atoms with Gasteiger partial charge in [-0.05, 0) is 56.9 Å². The van der Waals surface area contributed by atoms with Gasteiger partial charge in [0.25, 0.3) is 5.91 Å². The molecule has 0 aliphatic carbocycles. The molecule has 28 heavy (non-hydrogen) atoms. The third-order valence-corrected chi connectivity index (χ3v) is 7.12. The summed E-state index contributed by atoms with van der Waals surface area (Å²) in [5, 5.41) is 1.52. The molecule has 2 aromatic rings. The van der Waals surface area contributed by atoms with E-state index >= 15 is 0 Å². The standard InChI is InChI=1S/C22H27ClN2O2S/c1-15(2)24-11-8-17(9-12-24)27-21-13-16-7-10-25(14-20(16)28-21)22(26)18-5-3-4-6-19(18)23/h3-6,13,15,17H,7-12,14H2,1-2H3. The molecule has 4 nitrogen and oxygen atoms in total. The predicted molar refractivity (Wildman–Crippen MR) is 115 cm³/mol. The monoisotopic (exact) mass is 418 g/mol. The van der Waals surface area contributed by atoms with E-state index in [0.29, 0.717) is 29.3 Å². The fourth-order valence-electron chi connectivity index (χ4n) is 4.00. The quantitative estimate of drug-likeness (QED) is 0.711. The number of piperidine rings is 1. The summed E-state index contributed by atoms with van der Waals surface area (Å²) < 4.78 is 6.30. The molecule has 1 aromatic heterocycles. The maximum Gasteiger partial charge on any atom is 0.255 e. The number of carbonyl (C=O) groups is 1. The zero-order chi connectivity index (χ0) is 19.7. The second-order valence-electron chi connectivity index (χ2n) is 7.92. The highest BCUT2D eigenvalue weighted by molar-refractivity contribution is 7.14. The lowest BCUT2D eigenvalue weighted by atomic mass is 10.1. The lowest BCUT2D eigenvalue weighted by molar-refractivity contribution is 0.0737. The second-order valence-corrected chi connectivity index (χ2v) is 9.42. The molecule has 2 aliphatic heterocycles. The Labute approximate surface area is 176 Å². The van der Waals surface area contributed by atoms with E-state index in [4.69, 9.17) is 16.3 Å². The van der Waals surface area contributed by atoms with E-state index in [2.05, 4.69) is 24.8 Å². The number of nitrogens with zero attached hydrogens (tertiary/aromatic N) is 2. The first-order valence-corrected chi connectivity index (χ1v) is 11.3. The molecule has 3 heterocycles. The van der Waals surface area contributed by atoms with Gasteiger partial charge < -0.3 is 14.5 Å². The Hall–Kier alpha value is -1.56. The summed E-state index contributed by atoms with van der Waals surface area (Å²) in [5.74, 6) is 0.00757. The van der Waals surface area contributed by atoms with Crippen molar-refractivity contribution in [3.63, 3.8) is 0 Å². The zero-order valence-corrected chi connectivity index (χ0v) is 18.1. The van der Waals surface area contributed by atoms with Crippen LogP contribution < -0.4 is 4.74 Å². The van der Waals surface area contributed by atoms with Crippen molar-refractivity contribution < 1.29 is 9.53 Å². The summed E-state index contributed by atoms with van der Waals surface area (Å²) in [6, 6.07) is 10.1. The number of amides is 1. The molecule has 0 unspecified atom stereocenters. The first kappa shape index (κ1) is 19.7. The third-order valence-electron chi connectivity index (χ3n) is 5.74. The number of thiophene rings is 1. The van der Waals surface area contributed by atoms with Gasteiger partial charge in [0, 0.05) is 30.6 Å². The molecule has 0 N–H and O–H groups in total. The molecule has 1 aromatic carbocycles. The van der Waals surface area contributed by atoms with Gasteiger partial charge in [-0.3, -0.25) is 4.79 Å². The summed E-state index contributed by atoms with van der Waals surface area (Å²) in [4.78, 5) is 18.5. The van der Waals surface area contributed by atoms with E-state index in [0.717, 1.165) is 44.0 Å². The summed E-state index contributed by atoms with van der Waals surface area (Å²) in [5.41, 5.74) is 1.90. The molecular weight excluding hydrogens is 392 g/mol. The van der Waals surface area contributed by atoms with E-state index < -0.39 is 0 Å². The number of halogens is 1. The van der Waals surface area contributed by atoms with Crippen LogP contribution >= 0.6 is 22.9 Å². The SMILES string of the molecule is CC(C)N1CCC(Oc2cc3c(s2)CN(C(=O)c2ccccc2Cl)CC3)CC1. The van der Waals surface area contributed by atoms with E-state index in [-0.39, 0.29) is 5.91 Å². The first-order valence-electron chi connectivity index (χ1n) is 10.1. The highest BCUT2D eigenvalue weighted by atomic mass is 35.5. The summed E-state index contributed by atoms with van der Waals surface area (Å²) in [6.07, 6.45) is 3.34. The molecule has 2 aliphatic rings. The topological polar surface area (TPSA) is 32.8 Å². The van der Waals surface area contributed by atoms with Crippen molar-refractivity contribution in [3.8, 4) is 5.06 Å². The Balaban J connectivity index is 1.39. The molecule has 150 valence electrons. The van der Waals surface area contributed by atoms with Gasteiger partial charge in [0.2, 0.25) is 0 Å². The average Bonchev–Trinajstić information content (AvgIpc) is 3.09. The van der Waals surface area contributed by atoms with Crippen LogP contribution in [0.5, 0.6) is 5.06 Å². The lowest BCUT2D eigenvalue weighted by Crippen LogP contribution is -2.41. The number of rotatable bonds is 4. The van der Waals surface area contributed by atoms with Crippen molar-refractivity contribution in [3.05, 3.63) is 51.4 Å².